The van der Waals surface area contributed by atoms with Gasteiger partial charge in [0.05, 0.1) is 12.2 Å². The summed E-state index contributed by atoms with van der Waals surface area (Å²) >= 11 is 0. The quantitative estimate of drug-likeness (QED) is 0.789. The van der Waals surface area contributed by atoms with Crippen molar-refractivity contribution >= 4 is 17.4 Å². The van der Waals surface area contributed by atoms with E-state index in [9.17, 15) is 18.0 Å². The van der Waals surface area contributed by atoms with E-state index in [1.54, 1.807) is 0 Å². The number of rotatable bonds is 2. The fourth-order valence-electron chi connectivity index (χ4n) is 2.20. The number of halogens is 3. The molecular weight excluding hydrogens is 299 g/mol. The summed E-state index contributed by atoms with van der Waals surface area (Å²) in [6, 6.07) is 4.89. The van der Waals surface area contributed by atoms with E-state index in [1.807, 2.05) is 0 Å². The van der Waals surface area contributed by atoms with Crippen LogP contribution in [0.1, 0.15) is 16.1 Å². The molecule has 0 radical (unpaired) electrons. The highest BCUT2D eigenvalue weighted by atomic mass is 19.4. The van der Waals surface area contributed by atoms with E-state index in [-0.39, 0.29) is 29.6 Å². The molecule has 0 fully saturated rings. The Labute approximate surface area is 122 Å². The predicted molar refractivity (Wildman–Crippen MR) is 73.1 cm³/mol. The number of aromatic nitrogens is 2. The number of carbonyl (C=O) groups is 1. The normalized spacial score (nSPS) is 13.2. The lowest BCUT2D eigenvalue weighted by atomic mass is 10.1. The summed E-state index contributed by atoms with van der Waals surface area (Å²) in [5.74, 6) is -0.812. The van der Waals surface area contributed by atoms with Gasteiger partial charge in [0.2, 0.25) is 0 Å². The van der Waals surface area contributed by atoms with Gasteiger partial charge in [0.25, 0.3) is 5.91 Å². The molecule has 0 bridgehead atoms. The Kier molecular flexibility index (Phi) is 3.12. The van der Waals surface area contributed by atoms with Crippen molar-refractivity contribution in [1.82, 2.24) is 9.97 Å². The number of primary amides is 1. The zero-order valence-electron chi connectivity index (χ0n) is 11.0. The van der Waals surface area contributed by atoms with Crippen molar-refractivity contribution < 1.29 is 18.0 Å². The molecule has 1 aromatic heterocycles. The van der Waals surface area contributed by atoms with Gasteiger partial charge in [-0.2, -0.15) is 13.2 Å². The largest absolute Gasteiger partial charge is 0.417 e. The fourth-order valence-corrected chi connectivity index (χ4v) is 2.20. The van der Waals surface area contributed by atoms with E-state index < -0.39 is 17.6 Å². The number of hydrogen-bond acceptors (Lipinski definition) is 5. The molecule has 22 heavy (non-hydrogen) atoms. The van der Waals surface area contributed by atoms with Gasteiger partial charge in [-0.05, 0) is 6.07 Å². The molecule has 1 aromatic carbocycles. The van der Waals surface area contributed by atoms with Crippen LogP contribution in [0.25, 0.3) is 11.4 Å². The van der Waals surface area contributed by atoms with Crippen LogP contribution >= 0.6 is 0 Å². The third kappa shape index (κ3) is 2.30. The Morgan fingerprint density at radius 3 is 2.59 bits per heavy atom. The van der Waals surface area contributed by atoms with Crippen molar-refractivity contribution in [3.05, 3.63) is 35.5 Å². The van der Waals surface area contributed by atoms with Crippen LogP contribution in [0.4, 0.5) is 24.7 Å². The van der Waals surface area contributed by atoms with Crippen LogP contribution in [0.2, 0.25) is 0 Å². The molecule has 9 heteroatoms. The highest BCUT2D eigenvalue weighted by Gasteiger charge is 2.34. The monoisotopic (exact) mass is 309 g/mol. The van der Waals surface area contributed by atoms with Crippen molar-refractivity contribution in [3.63, 3.8) is 0 Å². The van der Waals surface area contributed by atoms with Gasteiger partial charge in [-0.25, -0.2) is 9.97 Å². The van der Waals surface area contributed by atoms with Gasteiger partial charge in [0.15, 0.2) is 17.3 Å². The van der Waals surface area contributed by atoms with Gasteiger partial charge in [-0.1, -0.05) is 18.2 Å². The minimum absolute atomic E-state index is 0.151. The maximum Gasteiger partial charge on any atom is 0.417 e. The number of nitrogens with one attached hydrogen (secondary N) is 2. The molecule has 0 aliphatic carbocycles. The molecule has 0 spiro atoms. The zero-order valence-corrected chi connectivity index (χ0v) is 11.0. The minimum Gasteiger partial charge on any atom is -0.364 e. The van der Waals surface area contributed by atoms with Crippen LogP contribution in [-0.4, -0.2) is 22.5 Å². The van der Waals surface area contributed by atoms with Crippen LogP contribution < -0.4 is 16.4 Å². The highest BCUT2D eigenvalue weighted by Crippen LogP contribution is 2.37. The van der Waals surface area contributed by atoms with Crippen molar-refractivity contribution in [2.45, 2.75) is 6.18 Å². The standard InChI is InChI=1S/C13H10F3N5O/c14-13(15,16)7-4-2-1-3-6(7)11-20-8(10(17)22)9-12(21-11)19-5-18-9/h1-4,18H,5H2,(H2,17,22)(H,19,20,21). The molecule has 0 saturated heterocycles. The van der Waals surface area contributed by atoms with Crippen LogP contribution in [0, 0.1) is 0 Å². The summed E-state index contributed by atoms with van der Waals surface area (Å²) < 4.78 is 39.3. The Morgan fingerprint density at radius 2 is 1.91 bits per heavy atom. The third-order valence-electron chi connectivity index (χ3n) is 3.14. The van der Waals surface area contributed by atoms with Crippen LogP contribution in [0.5, 0.6) is 0 Å². The lowest BCUT2D eigenvalue weighted by Crippen LogP contribution is -2.16. The number of hydrogen-bond donors (Lipinski definition) is 3. The smallest absolute Gasteiger partial charge is 0.364 e. The Morgan fingerprint density at radius 1 is 1.18 bits per heavy atom. The molecule has 0 unspecified atom stereocenters. The summed E-state index contributed by atoms with van der Waals surface area (Å²) in [5, 5.41) is 5.63. The average Bonchev–Trinajstić information content (AvgIpc) is 2.93. The van der Waals surface area contributed by atoms with E-state index in [1.165, 1.54) is 18.2 Å². The minimum atomic E-state index is -4.56. The molecule has 0 atom stereocenters. The first-order valence-electron chi connectivity index (χ1n) is 6.24. The van der Waals surface area contributed by atoms with E-state index in [2.05, 4.69) is 20.6 Å². The molecule has 2 aromatic rings. The third-order valence-corrected chi connectivity index (χ3v) is 3.14. The SMILES string of the molecule is NC(=O)c1nc(-c2ccccc2C(F)(F)F)nc2c1NCN2. The lowest BCUT2D eigenvalue weighted by Gasteiger charge is -2.13. The van der Waals surface area contributed by atoms with Gasteiger partial charge in [-0.15, -0.1) is 0 Å². The number of alkyl halides is 3. The van der Waals surface area contributed by atoms with Crippen molar-refractivity contribution in [3.8, 4) is 11.4 Å². The number of amides is 1. The Hall–Kier alpha value is -2.84. The van der Waals surface area contributed by atoms with Crippen LogP contribution in [-0.2, 0) is 6.18 Å². The second kappa shape index (κ2) is 4.86. The molecular formula is C13H10F3N5O. The molecule has 2 heterocycles. The van der Waals surface area contributed by atoms with E-state index >= 15 is 0 Å². The van der Waals surface area contributed by atoms with E-state index in [0.29, 0.717) is 5.69 Å². The van der Waals surface area contributed by atoms with Gasteiger partial charge in [0, 0.05) is 5.56 Å². The molecule has 4 N–H and O–H groups in total. The van der Waals surface area contributed by atoms with Crippen molar-refractivity contribution in [2.24, 2.45) is 5.73 Å². The summed E-state index contributed by atoms with van der Waals surface area (Å²) in [7, 11) is 0. The molecule has 0 saturated carbocycles. The van der Waals surface area contributed by atoms with Gasteiger partial charge in [-0.3, -0.25) is 4.79 Å². The molecule has 1 aliphatic heterocycles. The second-order valence-electron chi connectivity index (χ2n) is 4.56. The number of nitrogens with zero attached hydrogens (tertiary/aromatic N) is 2. The summed E-state index contributed by atoms with van der Waals surface area (Å²) in [4.78, 5) is 19.4. The van der Waals surface area contributed by atoms with Crippen LogP contribution in [0.15, 0.2) is 24.3 Å². The van der Waals surface area contributed by atoms with Crippen molar-refractivity contribution in [1.29, 1.82) is 0 Å². The molecule has 1 amide bonds. The second-order valence-corrected chi connectivity index (χ2v) is 4.56. The van der Waals surface area contributed by atoms with Gasteiger partial charge in [0.1, 0.15) is 5.69 Å². The lowest BCUT2D eigenvalue weighted by molar-refractivity contribution is -0.137. The number of benzene rings is 1. The average molecular weight is 309 g/mol. The summed E-state index contributed by atoms with van der Waals surface area (Å²) in [5.41, 5.74) is 4.29. The first kappa shape index (κ1) is 14.1. The van der Waals surface area contributed by atoms with E-state index in [0.717, 1.165) is 6.07 Å². The Balaban J connectivity index is 2.23. The van der Waals surface area contributed by atoms with Crippen LogP contribution in [0.3, 0.4) is 0 Å². The first-order valence-corrected chi connectivity index (χ1v) is 6.24. The number of fused-ring (bicyclic) bond motifs is 1. The maximum atomic E-state index is 13.1. The molecule has 6 nitrogen and oxygen atoms in total. The topological polar surface area (TPSA) is 92.9 Å². The molecule has 1 aliphatic rings. The predicted octanol–water partition coefficient (Wildman–Crippen LogP) is 2.06. The number of carbonyl (C=O) groups excluding carboxylic acids is 1. The molecule has 3 rings (SSSR count). The maximum absolute atomic E-state index is 13.1. The number of nitrogens with two attached hydrogens (primary N) is 1. The summed E-state index contributed by atoms with van der Waals surface area (Å²) in [6.45, 7) is 0.286. The van der Waals surface area contributed by atoms with Crippen molar-refractivity contribution in [2.75, 3.05) is 17.3 Å². The van der Waals surface area contributed by atoms with Gasteiger partial charge < -0.3 is 16.4 Å². The zero-order chi connectivity index (χ0) is 15.9. The molecule has 114 valence electrons. The van der Waals surface area contributed by atoms with E-state index in [4.69, 9.17) is 5.73 Å². The fraction of sp³-hybridized carbons (Fsp3) is 0.154. The Bertz CT molecular complexity index is 760. The van der Waals surface area contributed by atoms with Gasteiger partial charge >= 0.3 is 6.18 Å². The highest BCUT2D eigenvalue weighted by molar-refractivity contribution is 6.00. The number of anilines is 2. The first-order chi connectivity index (χ1) is 10.4. The summed E-state index contributed by atoms with van der Waals surface area (Å²) in [6.07, 6.45) is -4.56.